The third kappa shape index (κ3) is 6.03. The fraction of sp³-hybridized carbons (Fsp3) is 0.429. The Balaban J connectivity index is 0.00000225. The van der Waals surface area contributed by atoms with E-state index in [1.165, 1.54) is 30.5 Å². The maximum Gasteiger partial charge on any atom is 0.119 e. The molecule has 0 amide bonds. The number of ether oxygens (including phenoxy) is 1. The van der Waals surface area contributed by atoms with Crippen molar-refractivity contribution in [2.45, 2.75) is 39.0 Å². The van der Waals surface area contributed by atoms with Gasteiger partial charge in [-0.1, -0.05) is 42.5 Å². The Kier molecular flexibility index (Phi) is 7.76. The fourth-order valence-electron chi connectivity index (χ4n) is 3.35. The van der Waals surface area contributed by atoms with Crippen molar-refractivity contribution >= 4 is 12.4 Å². The number of hydrogen-bond donors (Lipinski definition) is 1. The first kappa shape index (κ1) is 19.8. The van der Waals surface area contributed by atoms with Gasteiger partial charge >= 0.3 is 0 Å². The van der Waals surface area contributed by atoms with E-state index in [0.717, 1.165) is 18.8 Å². The molecule has 136 valence electrons. The van der Waals surface area contributed by atoms with Crippen LogP contribution >= 0.6 is 12.4 Å². The summed E-state index contributed by atoms with van der Waals surface area (Å²) in [7, 11) is 0. The molecule has 25 heavy (non-hydrogen) atoms. The molecular weight excluding hydrogens is 332 g/mol. The van der Waals surface area contributed by atoms with Gasteiger partial charge in [0.2, 0.25) is 0 Å². The van der Waals surface area contributed by atoms with Crippen molar-refractivity contribution in [2.24, 2.45) is 11.7 Å². The van der Waals surface area contributed by atoms with Crippen LogP contribution in [-0.4, -0.2) is 24.0 Å². The van der Waals surface area contributed by atoms with E-state index in [0.29, 0.717) is 18.6 Å². The molecule has 2 unspecified atom stereocenters. The number of rotatable bonds is 6. The minimum Gasteiger partial charge on any atom is -0.489 e. The molecule has 0 radical (unpaired) electrons. The number of hydrogen-bond acceptors (Lipinski definition) is 3. The molecular formula is C21H29ClN2O. The second-order valence-corrected chi connectivity index (χ2v) is 6.91. The molecule has 2 aromatic carbocycles. The third-order valence-corrected chi connectivity index (χ3v) is 4.86. The predicted molar refractivity (Wildman–Crippen MR) is 106 cm³/mol. The van der Waals surface area contributed by atoms with E-state index in [-0.39, 0.29) is 12.4 Å². The molecule has 3 rings (SSSR count). The lowest BCUT2D eigenvalue weighted by Crippen LogP contribution is -2.41. The minimum atomic E-state index is 0. The minimum absolute atomic E-state index is 0. The van der Waals surface area contributed by atoms with Crippen molar-refractivity contribution < 1.29 is 4.74 Å². The van der Waals surface area contributed by atoms with Crippen LogP contribution in [0.3, 0.4) is 0 Å². The Labute approximate surface area is 157 Å². The molecule has 1 aliphatic rings. The van der Waals surface area contributed by atoms with Crippen molar-refractivity contribution in [3.8, 4) is 5.75 Å². The summed E-state index contributed by atoms with van der Waals surface area (Å²) in [5.41, 5.74) is 8.61. The third-order valence-electron chi connectivity index (χ3n) is 4.86. The van der Waals surface area contributed by atoms with E-state index >= 15 is 0 Å². The van der Waals surface area contributed by atoms with Crippen LogP contribution in [0.1, 0.15) is 30.9 Å². The summed E-state index contributed by atoms with van der Waals surface area (Å²) in [5.74, 6) is 1.56. The van der Waals surface area contributed by atoms with Crippen molar-refractivity contribution in [2.75, 3.05) is 13.1 Å². The molecule has 2 aromatic rings. The molecule has 0 aromatic heterocycles. The quantitative estimate of drug-likeness (QED) is 0.837. The monoisotopic (exact) mass is 360 g/mol. The molecule has 2 atom stereocenters. The highest BCUT2D eigenvalue weighted by Gasteiger charge is 2.22. The van der Waals surface area contributed by atoms with Gasteiger partial charge in [0.25, 0.3) is 0 Å². The van der Waals surface area contributed by atoms with Gasteiger partial charge in [0.15, 0.2) is 0 Å². The van der Waals surface area contributed by atoms with Crippen LogP contribution in [-0.2, 0) is 13.2 Å². The van der Waals surface area contributed by atoms with E-state index < -0.39 is 0 Å². The number of nitrogens with two attached hydrogens (primary N) is 1. The van der Waals surface area contributed by atoms with Crippen molar-refractivity contribution in [1.29, 1.82) is 0 Å². The first-order chi connectivity index (χ1) is 11.7. The summed E-state index contributed by atoms with van der Waals surface area (Å²) >= 11 is 0. The highest BCUT2D eigenvalue weighted by Crippen LogP contribution is 2.21. The lowest BCUT2D eigenvalue weighted by Gasteiger charge is -2.34. The van der Waals surface area contributed by atoms with Crippen LogP contribution < -0.4 is 10.5 Å². The summed E-state index contributed by atoms with van der Waals surface area (Å²) in [4.78, 5) is 2.53. The maximum atomic E-state index is 6.08. The van der Waals surface area contributed by atoms with E-state index in [4.69, 9.17) is 10.5 Å². The number of halogens is 1. The molecule has 1 heterocycles. The first-order valence-corrected chi connectivity index (χ1v) is 8.94. The Hall–Kier alpha value is -1.55. The highest BCUT2D eigenvalue weighted by atomic mass is 35.5. The molecule has 0 bridgehead atoms. The molecule has 4 heteroatoms. The Morgan fingerprint density at radius 3 is 2.48 bits per heavy atom. The van der Waals surface area contributed by atoms with Crippen molar-refractivity contribution in [3.63, 3.8) is 0 Å². The second kappa shape index (κ2) is 9.81. The van der Waals surface area contributed by atoms with Crippen LogP contribution in [0.25, 0.3) is 0 Å². The van der Waals surface area contributed by atoms with E-state index in [9.17, 15) is 0 Å². The number of likely N-dealkylation sites (tertiary alicyclic amines) is 1. The fourth-order valence-corrected chi connectivity index (χ4v) is 3.35. The lowest BCUT2D eigenvalue weighted by atomic mass is 9.92. The normalized spacial score (nSPS) is 19.0. The van der Waals surface area contributed by atoms with Gasteiger partial charge in [-0.05, 0) is 55.5 Å². The van der Waals surface area contributed by atoms with Crippen molar-refractivity contribution in [1.82, 2.24) is 4.90 Å². The Bertz CT molecular complexity index is 616. The average Bonchev–Trinajstić information content (AvgIpc) is 2.62. The number of piperidine rings is 1. The topological polar surface area (TPSA) is 38.5 Å². The van der Waals surface area contributed by atoms with E-state index in [1.54, 1.807) is 0 Å². The van der Waals surface area contributed by atoms with Gasteiger partial charge in [0.1, 0.15) is 12.4 Å². The predicted octanol–water partition coefficient (Wildman–Crippen LogP) is 4.25. The lowest BCUT2D eigenvalue weighted by molar-refractivity contribution is 0.154. The summed E-state index contributed by atoms with van der Waals surface area (Å²) < 4.78 is 5.86. The summed E-state index contributed by atoms with van der Waals surface area (Å²) in [6.07, 6.45) is 2.52. The van der Waals surface area contributed by atoms with Crippen LogP contribution in [0.5, 0.6) is 5.75 Å². The zero-order chi connectivity index (χ0) is 16.8. The highest BCUT2D eigenvalue weighted by molar-refractivity contribution is 5.85. The number of nitrogens with zero attached hydrogens (tertiary/aromatic N) is 1. The van der Waals surface area contributed by atoms with Crippen LogP contribution in [0.4, 0.5) is 0 Å². The second-order valence-electron chi connectivity index (χ2n) is 6.91. The molecule has 0 saturated carbocycles. The summed E-state index contributed by atoms with van der Waals surface area (Å²) in [6.45, 7) is 6.04. The summed E-state index contributed by atoms with van der Waals surface area (Å²) in [6, 6.07) is 19.1. The Morgan fingerprint density at radius 1 is 1.08 bits per heavy atom. The molecule has 3 nitrogen and oxygen atoms in total. The SMILES string of the molecule is CC(N)C1CCCN(Cc2ccc(OCc3ccccc3)cc2)C1.Cl. The standard InChI is InChI=1S/C21H28N2O.ClH/c1-17(22)20-8-5-13-23(15-20)14-18-9-11-21(12-10-18)24-16-19-6-3-2-4-7-19;/h2-4,6-7,9-12,17,20H,5,8,13-16,22H2,1H3;1H. The van der Waals surface area contributed by atoms with E-state index in [2.05, 4.69) is 48.2 Å². The van der Waals surface area contributed by atoms with Gasteiger partial charge < -0.3 is 10.5 Å². The van der Waals surface area contributed by atoms with Crippen LogP contribution in [0, 0.1) is 5.92 Å². The molecule has 1 saturated heterocycles. The molecule has 0 spiro atoms. The maximum absolute atomic E-state index is 6.08. The molecule has 2 N–H and O–H groups in total. The zero-order valence-corrected chi connectivity index (χ0v) is 15.8. The van der Waals surface area contributed by atoms with Gasteiger partial charge in [0.05, 0.1) is 0 Å². The molecule has 1 fully saturated rings. The first-order valence-electron chi connectivity index (χ1n) is 8.94. The molecule has 0 aliphatic carbocycles. The summed E-state index contributed by atoms with van der Waals surface area (Å²) in [5, 5.41) is 0. The largest absolute Gasteiger partial charge is 0.489 e. The number of benzene rings is 2. The zero-order valence-electron chi connectivity index (χ0n) is 14.9. The Morgan fingerprint density at radius 2 is 1.80 bits per heavy atom. The van der Waals surface area contributed by atoms with Gasteiger partial charge in [-0.3, -0.25) is 4.90 Å². The van der Waals surface area contributed by atoms with Crippen LogP contribution in [0.2, 0.25) is 0 Å². The smallest absolute Gasteiger partial charge is 0.119 e. The van der Waals surface area contributed by atoms with Crippen LogP contribution in [0.15, 0.2) is 54.6 Å². The van der Waals surface area contributed by atoms with Gasteiger partial charge in [0, 0.05) is 19.1 Å². The van der Waals surface area contributed by atoms with Gasteiger partial charge in [-0.25, -0.2) is 0 Å². The van der Waals surface area contributed by atoms with E-state index in [1.807, 2.05) is 18.2 Å². The average molecular weight is 361 g/mol. The van der Waals surface area contributed by atoms with Gasteiger partial charge in [-0.2, -0.15) is 0 Å². The van der Waals surface area contributed by atoms with Crippen molar-refractivity contribution in [3.05, 3.63) is 65.7 Å². The van der Waals surface area contributed by atoms with Gasteiger partial charge in [-0.15, -0.1) is 12.4 Å². The molecule has 1 aliphatic heterocycles.